The predicted molar refractivity (Wildman–Crippen MR) is 111 cm³/mol. The maximum absolute atomic E-state index is 13.1. The number of anilines is 1. The van der Waals surface area contributed by atoms with Gasteiger partial charge in [0.25, 0.3) is 5.91 Å². The van der Waals surface area contributed by atoms with E-state index in [4.69, 9.17) is 11.6 Å². The number of nitrogens with one attached hydrogen (secondary N) is 1. The molecule has 156 valence electrons. The van der Waals surface area contributed by atoms with Crippen LogP contribution in [-0.2, 0) is 10.0 Å². The van der Waals surface area contributed by atoms with Crippen molar-refractivity contribution < 1.29 is 17.6 Å². The second-order valence-corrected chi connectivity index (χ2v) is 9.08. The van der Waals surface area contributed by atoms with Crippen LogP contribution >= 0.6 is 11.6 Å². The highest BCUT2D eigenvalue weighted by Gasteiger charge is 2.31. The van der Waals surface area contributed by atoms with Gasteiger partial charge in [-0.05, 0) is 48.9 Å². The third kappa shape index (κ3) is 4.88. The fourth-order valence-electron chi connectivity index (χ4n) is 3.16. The van der Waals surface area contributed by atoms with Gasteiger partial charge in [0.1, 0.15) is 10.7 Å². The number of carbonyl (C=O) groups excluding carboxylic acids is 1. The van der Waals surface area contributed by atoms with E-state index in [-0.39, 0.29) is 40.3 Å². The summed E-state index contributed by atoms with van der Waals surface area (Å²) in [6.07, 6.45) is 0.781. The summed E-state index contributed by atoms with van der Waals surface area (Å²) in [5, 5.41) is 2.81. The van der Waals surface area contributed by atoms with Gasteiger partial charge in [-0.3, -0.25) is 4.79 Å². The molecular weight excluding hydrogens is 417 g/mol. The monoisotopic (exact) mass is 439 g/mol. The van der Waals surface area contributed by atoms with Gasteiger partial charge in [0.15, 0.2) is 0 Å². The van der Waals surface area contributed by atoms with E-state index in [1.54, 1.807) is 12.1 Å². The molecule has 6 nitrogen and oxygen atoms in total. The first-order valence-corrected chi connectivity index (χ1v) is 11.2. The van der Waals surface area contributed by atoms with E-state index >= 15 is 0 Å². The summed E-state index contributed by atoms with van der Waals surface area (Å²) >= 11 is 6.16. The molecule has 1 fully saturated rings. The number of benzene rings is 2. The Labute approximate surface area is 175 Å². The van der Waals surface area contributed by atoms with Crippen molar-refractivity contribution in [3.8, 4) is 0 Å². The Morgan fingerprint density at radius 1 is 1.10 bits per heavy atom. The average Bonchev–Trinajstić information content (AvgIpc) is 2.73. The van der Waals surface area contributed by atoms with E-state index in [0.29, 0.717) is 19.6 Å². The van der Waals surface area contributed by atoms with Gasteiger partial charge >= 0.3 is 0 Å². The standard InChI is InChI=1S/C20H23ClFN3O3S/c1-2-9-23-20(26)15-3-8-18(21)19(14-15)29(27,28)25-12-10-24(11-13-25)17-6-4-16(22)5-7-17/h3-8,14H,2,9-13H2,1H3,(H,23,26). The number of rotatable bonds is 6. The van der Waals surface area contributed by atoms with Gasteiger partial charge in [-0.2, -0.15) is 4.31 Å². The number of halogens is 2. The van der Waals surface area contributed by atoms with Gasteiger partial charge in [-0.15, -0.1) is 0 Å². The van der Waals surface area contributed by atoms with Crippen LogP contribution in [0.2, 0.25) is 5.02 Å². The first-order chi connectivity index (χ1) is 13.8. The smallest absolute Gasteiger partial charge is 0.251 e. The summed E-state index contributed by atoms with van der Waals surface area (Å²) in [5.41, 5.74) is 1.10. The lowest BCUT2D eigenvalue weighted by atomic mass is 10.2. The van der Waals surface area contributed by atoms with E-state index < -0.39 is 10.0 Å². The average molecular weight is 440 g/mol. The van der Waals surface area contributed by atoms with Gasteiger partial charge in [0, 0.05) is 44.0 Å². The van der Waals surface area contributed by atoms with Crippen LogP contribution in [0.4, 0.5) is 10.1 Å². The third-order valence-corrected chi connectivity index (χ3v) is 7.16. The summed E-state index contributed by atoms with van der Waals surface area (Å²) in [5.74, 6) is -0.645. The quantitative estimate of drug-likeness (QED) is 0.750. The highest BCUT2D eigenvalue weighted by atomic mass is 35.5. The van der Waals surface area contributed by atoms with Crippen molar-refractivity contribution in [1.29, 1.82) is 0 Å². The molecule has 29 heavy (non-hydrogen) atoms. The first kappa shape index (κ1) is 21.5. The Hall–Kier alpha value is -2.16. The zero-order chi connectivity index (χ0) is 21.0. The minimum atomic E-state index is -3.85. The molecule has 1 aliphatic rings. The molecule has 3 rings (SSSR count). The van der Waals surface area contributed by atoms with Gasteiger partial charge < -0.3 is 10.2 Å². The van der Waals surface area contributed by atoms with Gasteiger partial charge in [-0.1, -0.05) is 18.5 Å². The fourth-order valence-corrected chi connectivity index (χ4v) is 5.08. The molecule has 1 amide bonds. The first-order valence-electron chi connectivity index (χ1n) is 9.41. The van der Waals surface area contributed by atoms with E-state index in [1.165, 1.54) is 34.6 Å². The fraction of sp³-hybridized carbons (Fsp3) is 0.350. The lowest BCUT2D eigenvalue weighted by molar-refractivity contribution is 0.0953. The molecular formula is C20H23ClFN3O3S. The minimum absolute atomic E-state index is 0.0708. The number of sulfonamides is 1. The van der Waals surface area contributed by atoms with Crippen LogP contribution in [-0.4, -0.2) is 51.4 Å². The van der Waals surface area contributed by atoms with E-state index in [1.807, 2.05) is 11.8 Å². The van der Waals surface area contributed by atoms with Crippen LogP contribution in [0.15, 0.2) is 47.4 Å². The molecule has 9 heteroatoms. The number of hydrogen-bond acceptors (Lipinski definition) is 4. The SMILES string of the molecule is CCCNC(=O)c1ccc(Cl)c(S(=O)(=O)N2CCN(c3ccc(F)cc3)CC2)c1. The highest BCUT2D eigenvalue weighted by molar-refractivity contribution is 7.89. The zero-order valence-electron chi connectivity index (χ0n) is 16.1. The largest absolute Gasteiger partial charge is 0.369 e. The molecule has 2 aromatic rings. The Balaban J connectivity index is 1.76. The molecule has 0 radical (unpaired) electrons. The number of piperazine rings is 1. The van der Waals surface area contributed by atoms with E-state index in [9.17, 15) is 17.6 Å². The molecule has 1 saturated heterocycles. The van der Waals surface area contributed by atoms with Crippen LogP contribution < -0.4 is 10.2 Å². The van der Waals surface area contributed by atoms with Crippen molar-refractivity contribution in [2.45, 2.75) is 18.2 Å². The van der Waals surface area contributed by atoms with E-state index in [2.05, 4.69) is 5.32 Å². The van der Waals surface area contributed by atoms with Gasteiger partial charge in [0.05, 0.1) is 5.02 Å². The Kier molecular flexibility index (Phi) is 6.77. The van der Waals surface area contributed by atoms with Crippen LogP contribution in [0.3, 0.4) is 0 Å². The normalized spacial score (nSPS) is 15.3. The van der Waals surface area contributed by atoms with Crippen molar-refractivity contribution in [2.75, 3.05) is 37.6 Å². The maximum Gasteiger partial charge on any atom is 0.251 e. The molecule has 0 spiro atoms. The molecule has 2 aromatic carbocycles. The maximum atomic E-state index is 13.1. The highest BCUT2D eigenvalue weighted by Crippen LogP contribution is 2.27. The lowest BCUT2D eigenvalue weighted by Gasteiger charge is -2.35. The molecule has 0 saturated carbocycles. The molecule has 0 aromatic heterocycles. The second-order valence-electron chi connectivity index (χ2n) is 6.77. The molecule has 1 aliphatic heterocycles. The number of hydrogen-bond donors (Lipinski definition) is 1. The summed E-state index contributed by atoms with van der Waals surface area (Å²) in [6, 6.07) is 10.4. The van der Waals surface area contributed by atoms with Crippen molar-refractivity contribution in [3.63, 3.8) is 0 Å². The second kappa shape index (κ2) is 9.11. The van der Waals surface area contributed by atoms with Crippen molar-refractivity contribution >= 4 is 33.2 Å². The topological polar surface area (TPSA) is 69.7 Å². The zero-order valence-corrected chi connectivity index (χ0v) is 17.6. The number of amides is 1. The summed E-state index contributed by atoms with van der Waals surface area (Å²) in [7, 11) is -3.85. The minimum Gasteiger partial charge on any atom is -0.369 e. The molecule has 0 atom stereocenters. The summed E-state index contributed by atoms with van der Waals surface area (Å²) < 4.78 is 40.7. The van der Waals surface area contributed by atoms with Crippen molar-refractivity contribution in [2.24, 2.45) is 0 Å². The molecule has 0 aliphatic carbocycles. The van der Waals surface area contributed by atoms with Crippen molar-refractivity contribution in [1.82, 2.24) is 9.62 Å². The molecule has 0 unspecified atom stereocenters. The van der Waals surface area contributed by atoms with Crippen LogP contribution in [0.25, 0.3) is 0 Å². The molecule has 0 bridgehead atoms. The van der Waals surface area contributed by atoms with Crippen LogP contribution in [0.5, 0.6) is 0 Å². The molecule has 1 heterocycles. The third-order valence-electron chi connectivity index (χ3n) is 4.78. The van der Waals surface area contributed by atoms with E-state index in [0.717, 1.165) is 12.1 Å². The number of nitrogens with zero attached hydrogens (tertiary/aromatic N) is 2. The Morgan fingerprint density at radius 2 is 1.76 bits per heavy atom. The van der Waals surface area contributed by atoms with Gasteiger partial charge in [0.2, 0.25) is 10.0 Å². The van der Waals surface area contributed by atoms with Gasteiger partial charge in [-0.25, -0.2) is 12.8 Å². The Morgan fingerprint density at radius 3 is 2.38 bits per heavy atom. The number of carbonyl (C=O) groups is 1. The van der Waals surface area contributed by atoms with Crippen LogP contribution in [0, 0.1) is 5.82 Å². The lowest BCUT2D eigenvalue weighted by Crippen LogP contribution is -2.48. The Bertz CT molecular complexity index is 975. The summed E-state index contributed by atoms with van der Waals surface area (Å²) in [4.78, 5) is 14.1. The summed E-state index contributed by atoms with van der Waals surface area (Å²) in [6.45, 7) is 3.92. The molecule has 1 N–H and O–H groups in total. The van der Waals surface area contributed by atoms with Crippen molar-refractivity contribution in [3.05, 3.63) is 58.9 Å². The predicted octanol–water partition coefficient (Wildman–Crippen LogP) is 3.13. The van der Waals surface area contributed by atoms with Crippen LogP contribution in [0.1, 0.15) is 23.7 Å².